The number of hydrogen-bond acceptors (Lipinski definition) is 2. The highest BCUT2D eigenvalue weighted by molar-refractivity contribution is 7.92. The van der Waals surface area contributed by atoms with Crippen molar-refractivity contribution in [1.82, 2.24) is 0 Å². The third-order valence-corrected chi connectivity index (χ3v) is 5.03. The Labute approximate surface area is 145 Å². The van der Waals surface area contributed by atoms with E-state index >= 15 is 0 Å². The van der Waals surface area contributed by atoms with Gasteiger partial charge in [-0.2, -0.15) is 13.2 Å². The Kier molecular flexibility index (Phi) is 5.06. The van der Waals surface area contributed by atoms with E-state index < -0.39 is 32.3 Å². The summed E-state index contributed by atoms with van der Waals surface area (Å²) in [6.07, 6.45) is -4.79. The molecule has 2 rings (SSSR count). The minimum absolute atomic E-state index is 0.0712. The summed E-state index contributed by atoms with van der Waals surface area (Å²) in [5.74, 6) is 0. The predicted molar refractivity (Wildman–Crippen MR) is 83.7 cm³/mol. The molecule has 0 amide bonds. The van der Waals surface area contributed by atoms with Gasteiger partial charge >= 0.3 is 6.18 Å². The van der Waals surface area contributed by atoms with Crippen LogP contribution in [0.25, 0.3) is 0 Å². The summed E-state index contributed by atoms with van der Waals surface area (Å²) >= 11 is 17.0. The number of alkyl halides is 3. The lowest BCUT2D eigenvalue weighted by Gasteiger charge is -2.15. The number of rotatable bonds is 3. The highest BCUT2D eigenvalue weighted by Crippen LogP contribution is 2.38. The van der Waals surface area contributed by atoms with E-state index in [2.05, 4.69) is 0 Å². The van der Waals surface area contributed by atoms with Gasteiger partial charge in [0.05, 0.1) is 16.3 Å². The van der Waals surface area contributed by atoms with Crippen LogP contribution in [-0.4, -0.2) is 8.42 Å². The van der Waals surface area contributed by atoms with Gasteiger partial charge in [-0.3, -0.25) is 4.72 Å². The zero-order valence-electron chi connectivity index (χ0n) is 11.0. The van der Waals surface area contributed by atoms with Crippen LogP contribution in [0.2, 0.25) is 15.1 Å². The summed E-state index contributed by atoms with van der Waals surface area (Å²) in [4.78, 5) is -0.435. The van der Waals surface area contributed by atoms with E-state index in [4.69, 9.17) is 34.8 Å². The Bertz CT molecular complexity index is 854. The Hall–Kier alpha value is -1.15. The van der Waals surface area contributed by atoms with Gasteiger partial charge in [0.2, 0.25) is 0 Å². The van der Waals surface area contributed by atoms with Crippen LogP contribution >= 0.6 is 34.8 Å². The molecule has 0 aliphatic rings. The first-order chi connectivity index (χ1) is 10.5. The van der Waals surface area contributed by atoms with Gasteiger partial charge in [0.15, 0.2) is 0 Å². The Morgan fingerprint density at radius 3 is 2.09 bits per heavy atom. The molecule has 0 atom stereocenters. The molecule has 23 heavy (non-hydrogen) atoms. The minimum Gasteiger partial charge on any atom is -0.279 e. The van der Waals surface area contributed by atoms with Crippen molar-refractivity contribution in [2.75, 3.05) is 4.72 Å². The van der Waals surface area contributed by atoms with Gasteiger partial charge in [0, 0.05) is 10.0 Å². The maximum absolute atomic E-state index is 13.0. The van der Waals surface area contributed by atoms with Gasteiger partial charge < -0.3 is 0 Å². The van der Waals surface area contributed by atoms with E-state index in [0.717, 1.165) is 18.2 Å². The summed E-state index contributed by atoms with van der Waals surface area (Å²) < 4.78 is 65.5. The minimum atomic E-state index is -4.79. The van der Waals surface area contributed by atoms with E-state index in [1.807, 2.05) is 4.72 Å². The smallest absolute Gasteiger partial charge is 0.279 e. The second-order valence-corrected chi connectivity index (χ2v) is 7.30. The van der Waals surface area contributed by atoms with Gasteiger partial charge in [0.25, 0.3) is 10.0 Å². The Morgan fingerprint density at radius 1 is 0.913 bits per heavy atom. The molecule has 0 saturated carbocycles. The maximum Gasteiger partial charge on any atom is 0.418 e. The average Bonchev–Trinajstić information content (AvgIpc) is 2.42. The third kappa shape index (κ3) is 4.23. The molecule has 10 heteroatoms. The van der Waals surface area contributed by atoms with Crippen LogP contribution in [0.4, 0.5) is 18.9 Å². The normalized spacial score (nSPS) is 12.3. The molecule has 0 aromatic heterocycles. The van der Waals surface area contributed by atoms with Crippen molar-refractivity contribution >= 4 is 50.5 Å². The fourth-order valence-corrected chi connectivity index (χ4v) is 3.74. The van der Waals surface area contributed by atoms with Crippen LogP contribution in [0.15, 0.2) is 41.3 Å². The number of hydrogen-bond donors (Lipinski definition) is 1. The van der Waals surface area contributed by atoms with Crippen molar-refractivity contribution < 1.29 is 21.6 Å². The molecule has 3 nitrogen and oxygen atoms in total. The fraction of sp³-hybridized carbons (Fsp3) is 0.0769. The predicted octanol–water partition coefficient (Wildman–Crippen LogP) is 5.47. The van der Waals surface area contributed by atoms with Crippen LogP contribution in [-0.2, 0) is 16.2 Å². The summed E-state index contributed by atoms with van der Waals surface area (Å²) in [5, 5.41) is -0.285. The standard InChI is InChI=1S/C13H7Cl3F3NO2S/c14-7-2-4-11(9(5-7)13(17,18)19)20-23(21,22)12-6-8(15)1-3-10(12)16/h1-6,20H. The zero-order chi connectivity index (χ0) is 17.4. The van der Waals surface area contributed by atoms with Crippen LogP contribution in [0.1, 0.15) is 5.56 Å². The summed E-state index contributed by atoms with van der Waals surface area (Å²) in [6, 6.07) is 6.29. The van der Waals surface area contributed by atoms with E-state index in [1.54, 1.807) is 0 Å². The molecule has 0 unspecified atom stereocenters. The van der Waals surface area contributed by atoms with Gasteiger partial charge in [-0.1, -0.05) is 34.8 Å². The van der Waals surface area contributed by atoms with E-state index in [9.17, 15) is 21.6 Å². The Morgan fingerprint density at radius 2 is 1.48 bits per heavy atom. The first-order valence-electron chi connectivity index (χ1n) is 5.85. The largest absolute Gasteiger partial charge is 0.418 e. The molecule has 0 aliphatic carbocycles. The topological polar surface area (TPSA) is 46.2 Å². The maximum atomic E-state index is 13.0. The molecule has 124 valence electrons. The van der Waals surface area contributed by atoms with Gasteiger partial charge in [-0.15, -0.1) is 0 Å². The molecule has 0 spiro atoms. The molecule has 0 aliphatic heterocycles. The first-order valence-corrected chi connectivity index (χ1v) is 8.47. The number of nitrogens with one attached hydrogen (secondary N) is 1. The van der Waals surface area contributed by atoms with Crippen molar-refractivity contribution in [2.24, 2.45) is 0 Å². The Balaban J connectivity index is 2.52. The molecular weight excluding hydrogens is 398 g/mol. The second kappa shape index (κ2) is 6.39. The van der Waals surface area contributed by atoms with E-state index in [1.165, 1.54) is 12.1 Å². The van der Waals surface area contributed by atoms with Crippen LogP contribution < -0.4 is 4.72 Å². The number of benzene rings is 2. The van der Waals surface area contributed by atoms with Crippen molar-refractivity contribution in [3.05, 3.63) is 57.0 Å². The SMILES string of the molecule is O=S(=O)(Nc1ccc(Cl)cc1C(F)(F)F)c1cc(Cl)ccc1Cl. The summed E-state index contributed by atoms with van der Waals surface area (Å²) in [5.41, 5.74) is -1.88. The van der Waals surface area contributed by atoms with Gasteiger partial charge in [0.1, 0.15) is 4.90 Å². The quantitative estimate of drug-likeness (QED) is 0.738. The van der Waals surface area contributed by atoms with Crippen LogP contribution in [0, 0.1) is 0 Å². The molecule has 1 N–H and O–H groups in total. The zero-order valence-corrected chi connectivity index (χ0v) is 14.0. The fourth-order valence-electron chi connectivity index (χ4n) is 1.72. The highest BCUT2D eigenvalue weighted by atomic mass is 35.5. The van der Waals surface area contributed by atoms with Crippen molar-refractivity contribution in [3.63, 3.8) is 0 Å². The van der Waals surface area contributed by atoms with Gasteiger partial charge in [-0.25, -0.2) is 8.42 Å². The third-order valence-electron chi connectivity index (χ3n) is 2.71. The molecular formula is C13H7Cl3F3NO2S. The lowest BCUT2D eigenvalue weighted by atomic mass is 10.2. The molecule has 0 radical (unpaired) electrons. The monoisotopic (exact) mass is 403 g/mol. The number of anilines is 1. The lowest BCUT2D eigenvalue weighted by molar-refractivity contribution is -0.136. The second-order valence-electron chi connectivity index (χ2n) is 4.37. The average molecular weight is 405 g/mol. The summed E-state index contributed by atoms with van der Waals surface area (Å²) in [7, 11) is -4.37. The molecule has 0 bridgehead atoms. The van der Waals surface area contributed by atoms with Crippen LogP contribution in [0.3, 0.4) is 0 Å². The van der Waals surface area contributed by atoms with Gasteiger partial charge in [-0.05, 0) is 36.4 Å². The number of sulfonamides is 1. The molecule has 0 saturated heterocycles. The van der Waals surface area contributed by atoms with Crippen LogP contribution in [0.5, 0.6) is 0 Å². The van der Waals surface area contributed by atoms with Crippen molar-refractivity contribution in [3.8, 4) is 0 Å². The number of halogens is 6. The first kappa shape index (κ1) is 18.2. The van der Waals surface area contributed by atoms with Crippen molar-refractivity contribution in [1.29, 1.82) is 0 Å². The van der Waals surface area contributed by atoms with Crippen molar-refractivity contribution in [2.45, 2.75) is 11.1 Å². The summed E-state index contributed by atoms with van der Waals surface area (Å²) in [6.45, 7) is 0. The molecule has 0 fully saturated rings. The molecule has 0 heterocycles. The highest BCUT2D eigenvalue weighted by Gasteiger charge is 2.35. The molecule has 2 aromatic rings. The lowest BCUT2D eigenvalue weighted by Crippen LogP contribution is -2.17. The van der Waals surface area contributed by atoms with E-state index in [0.29, 0.717) is 6.07 Å². The van der Waals surface area contributed by atoms with E-state index in [-0.39, 0.29) is 15.1 Å². The molecule has 2 aromatic carbocycles.